The number of aromatic nitrogens is 2. The van der Waals surface area contributed by atoms with Crippen LogP contribution in [0.3, 0.4) is 0 Å². The van der Waals surface area contributed by atoms with Crippen molar-refractivity contribution in [1.29, 1.82) is 15.9 Å². The molecule has 4 heterocycles. The lowest BCUT2D eigenvalue weighted by Gasteiger charge is -2.31. The van der Waals surface area contributed by atoms with Crippen LogP contribution in [0.5, 0.6) is 5.75 Å². The molecule has 0 radical (unpaired) electrons. The SMILES string of the molecule is COc1cc(/C(C=N)=C(\C)[N+]#CC2C[C@H]3CC[C@@H](C2)N3C#N)cn2ncc(C#N)c12. The van der Waals surface area contributed by atoms with Gasteiger partial charge in [0.2, 0.25) is 0 Å². The van der Waals surface area contributed by atoms with Gasteiger partial charge in [0.05, 0.1) is 24.8 Å². The van der Waals surface area contributed by atoms with Crippen LogP contribution in [0.2, 0.25) is 0 Å². The summed E-state index contributed by atoms with van der Waals surface area (Å²) in [5, 5.41) is 30.7. The fraction of sp³-hybridized carbons (Fsp3) is 0.409. The van der Waals surface area contributed by atoms with E-state index >= 15 is 0 Å². The molecule has 3 atom stereocenters. The van der Waals surface area contributed by atoms with Crippen molar-refractivity contribution < 1.29 is 4.74 Å². The molecule has 2 aliphatic heterocycles. The summed E-state index contributed by atoms with van der Waals surface area (Å²) in [5.74, 6) is 0.734. The highest BCUT2D eigenvalue weighted by atomic mass is 16.5. The summed E-state index contributed by atoms with van der Waals surface area (Å²) in [4.78, 5) is 6.49. The number of methoxy groups -OCH3 is 1. The zero-order chi connectivity index (χ0) is 21.3. The van der Waals surface area contributed by atoms with Crippen molar-refractivity contribution >= 4 is 17.3 Å². The van der Waals surface area contributed by atoms with Crippen LogP contribution in [0.15, 0.2) is 24.2 Å². The van der Waals surface area contributed by atoms with Crippen LogP contribution in [0.1, 0.15) is 43.7 Å². The van der Waals surface area contributed by atoms with Crippen LogP contribution in [0.25, 0.3) is 15.9 Å². The Balaban J connectivity index is 1.66. The number of nitrogens with zero attached hydrogens (tertiary/aromatic N) is 6. The van der Waals surface area contributed by atoms with Gasteiger partial charge in [-0.3, -0.25) is 0 Å². The lowest BCUT2D eigenvalue weighted by molar-refractivity contribution is 0.191. The Bertz CT molecular complexity index is 1170. The van der Waals surface area contributed by atoms with E-state index in [1.54, 1.807) is 23.9 Å². The Morgan fingerprint density at radius 1 is 1.33 bits per heavy atom. The third kappa shape index (κ3) is 3.25. The highest BCUT2D eigenvalue weighted by molar-refractivity contribution is 6.10. The molecule has 0 spiro atoms. The summed E-state index contributed by atoms with van der Waals surface area (Å²) in [5.41, 5.74) is 3.06. The maximum Gasteiger partial charge on any atom is 0.323 e. The van der Waals surface area contributed by atoms with Crippen LogP contribution in [0, 0.1) is 40.2 Å². The molecule has 0 aliphatic carbocycles. The average Bonchev–Trinajstić information content (AvgIpc) is 3.29. The van der Waals surface area contributed by atoms with E-state index in [-0.39, 0.29) is 5.92 Å². The molecule has 4 rings (SSSR count). The van der Waals surface area contributed by atoms with Gasteiger partial charge in [-0.15, -0.1) is 0 Å². The van der Waals surface area contributed by atoms with E-state index in [9.17, 15) is 10.5 Å². The number of rotatable bonds is 3. The van der Waals surface area contributed by atoms with Crippen molar-refractivity contribution in [2.75, 3.05) is 7.11 Å². The number of nitrogens with one attached hydrogen (secondary N) is 1. The highest BCUT2D eigenvalue weighted by Crippen LogP contribution is 2.38. The number of allylic oxidation sites excluding steroid dienone is 2. The molecule has 2 aromatic rings. The summed E-state index contributed by atoms with van der Waals surface area (Å²) >= 11 is 0. The molecule has 8 nitrogen and oxygen atoms in total. The van der Waals surface area contributed by atoms with Gasteiger partial charge in [-0.2, -0.15) is 15.6 Å². The second kappa shape index (κ2) is 7.89. The average molecular weight is 400 g/mol. The maximum atomic E-state index is 9.31. The molecule has 1 N–H and O–H groups in total. The van der Waals surface area contributed by atoms with E-state index in [1.807, 2.05) is 11.8 Å². The fourth-order valence-electron chi connectivity index (χ4n) is 4.56. The first-order chi connectivity index (χ1) is 14.6. The van der Waals surface area contributed by atoms with Gasteiger partial charge in [0.25, 0.3) is 6.07 Å². The van der Waals surface area contributed by atoms with Crippen molar-refractivity contribution in [2.45, 2.75) is 44.7 Å². The third-order valence-corrected chi connectivity index (χ3v) is 6.03. The first-order valence-electron chi connectivity index (χ1n) is 9.91. The zero-order valence-electron chi connectivity index (χ0n) is 17.0. The summed E-state index contributed by atoms with van der Waals surface area (Å²) in [6.45, 7) is 1.85. The van der Waals surface area contributed by atoms with Gasteiger partial charge < -0.3 is 15.0 Å². The molecular formula is C22H22N7O+. The summed E-state index contributed by atoms with van der Waals surface area (Å²) in [6.07, 6.45) is 10.8. The molecule has 2 fully saturated rings. The Kier molecular flexibility index (Phi) is 5.12. The second-order valence-corrected chi connectivity index (χ2v) is 7.71. The van der Waals surface area contributed by atoms with E-state index < -0.39 is 0 Å². The van der Waals surface area contributed by atoms with Crippen LogP contribution in [0.4, 0.5) is 0 Å². The summed E-state index contributed by atoms with van der Waals surface area (Å²) in [6, 6.07) is 7.77. The minimum atomic E-state index is 0.218. The Morgan fingerprint density at radius 2 is 2.07 bits per heavy atom. The van der Waals surface area contributed by atoms with Gasteiger partial charge >= 0.3 is 5.70 Å². The summed E-state index contributed by atoms with van der Waals surface area (Å²) in [7, 11) is 1.54. The number of hydrogen-bond donors (Lipinski definition) is 1. The van der Waals surface area contributed by atoms with Gasteiger partial charge in [0, 0.05) is 37.0 Å². The van der Waals surface area contributed by atoms with Gasteiger partial charge in [-0.05, 0) is 36.6 Å². The minimum absolute atomic E-state index is 0.218. The number of piperidine rings is 1. The number of nitriles is 2. The van der Waals surface area contributed by atoms with Crippen LogP contribution >= 0.6 is 0 Å². The first kappa shape index (κ1) is 19.5. The minimum Gasteiger partial charge on any atom is -0.494 e. The van der Waals surface area contributed by atoms with E-state index in [0.29, 0.717) is 40.2 Å². The maximum absolute atomic E-state index is 9.31. The Hall–Kier alpha value is -3.83. The van der Waals surface area contributed by atoms with Crippen LogP contribution < -0.4 is 4.74 Å². The zero-order valence-corrected chi connectivity index (χ0v) is 17.0. The Labute approximate surface area is 174 Å². The number of fused-ring (bicyclic) bond motifs is 3. The molecule has 2 bridgehead atoms. The van der Waals surface area contributed by atoms with Crippen molar-refractivity contribution in [3.63, 3.8) is 0 Å². The van der Waals surface area contributed by atoms with Gasteiger partial charge in [0.15, 0.2) is 6.19 Å². The number of hydrogen-bond acceptors (Lipinski definition) is 6. The standard InChI is InChI=1S/C22H22N7O/c1-14(26-10-15-5-18-3-4-19(6-15)28(18)13-25)20(9-24)16-7-21(30-2)22-17(8-23)11-27-29(22)12-16/h7,9,11-12,15,18-19,24H,3-6H2,1-2H3/q+1/b20-14+,24-9?/t15?,18-,19+. The van der Waals surface area contributed by atoms with Crippen LogP contribution in [-0.2, 0) is 0 Å². The lowest BCUT2D eigenvalue weighted by atomic mass is 9.92. The molecule has 0 amide bonds. The molecule has 0 aromatic carbocycles. The monoisotopic (exact) mass is 400 g/mol. The molecule has 8 heteroatoms. The van der Waals surface area contributed by atoms with Crippen molar-refractivity contribution in [3.05, 3.63) is 40.1 Å². The molecule has 150 valence electrons. The second-order valence-electron chi connectivity index (χ2n) is 7.71. The number of ether oxygens (including phenoxy) is 1. The fourth-order valence-corrected chi connectivity index (χ4v) is 4.56. The normalized spacial score (nSPS) is 23.1. The van der Waals surface area contributed by atoms with Crippen molar-refractivity contribution in [2.24, 2.45) is 5.92 Å². The molecule has 2 aromatic heterocycles. The third-order valence-electron chi connectivity index (χ3n) is 6.03. The molecular weight excluding hydrogens is 378 g/mol. The van der Waals surface area contributed by atoms with E-state index in [1.165, 1.54) is 12.4 Å². The summed E-state index contributed by atoms with van der Waals surface area (Å²) < 4.78 is 7.05. The molecule has 1 unspecified atom stereocenters. The topological polar surface area (TPSA) is 106 Å². The lowest BCUT2D eigenvalue weighted by Crippen LogP contribution is -2.39. The van der Waals surface area contributed by atoms with Crippen molar-refractivity contribution in [3.8, 4) is 24.1 Å². The molecule has 0 saturated carbocycles. The molecule has 2 aliphatic rings. The van der Waals surface area contributed by atoms with Gasteiger partial charge in [-0.1, -0.05) is 0 Å². The van der Waals surface area contributed by atoms with Crippen LogP contribution in [-0.4, -0.2) is 39.9 Å². The van der Waals surface area contributed by atoms with E-state index in [0.717, 1.165) is 31.2 Å². The smallest absolute Gasteiger partial charge is 0.323 e. The first-order valence-corrected chi connectivity index (χ1v) is 9.91. The predicted octanol–water partition coefficient (Wildman–Crippen LogP) is 3.65. The predicted molar refractivity (Wildman–Crippen MR) is 112 cm³/mol. The number of pyridine rings is 1. The quantitative estimate of drug-likeness (QED) is 0.625. The molecule has 2 saturated heterocycles. The van der Waals surface area contributed by atoms with E-state index in [2.05, 4.69) is 28.3 Å². The van der Waals surface area contributed by atoms with E-state index in [4.69, 9.17) is 10.1 Å². The Morgan fingerprint density at radius 3 is 2.67 bits per heavy atom. The van der Waals surface area contributed by atoms with Crippen molar-refractivity contribution in [1.82, 2.24) is 14.5 Å². The van der Waals surface area contributed by atoms with Gasteiger partial charge in [0.1, 0.15) is 22.9 Å². The largest absolute Gasteiger partial charge is 0.494 e. The van der Waals surface area contributed by atoms with Gasteiger partial charge in [-0.25, -0.2) is 4.52 Å². The highest BCUT2D eigenvalue weighted by Gasteiger charge is 2.41. The molecule has 30 heavy (non-hydrogen) atoms.